The van der Waals surface area contributed by atoms with Crippen LogP contribution in [0.15, 0.2) is 212 Å². The maximum Gasteiger partial charge on any atom is 0.315 e. The van der Waals surface area contributed by atoms with Gasteiger partial charge < -0.3 is 66.5 Å². The highest BCUT2D eigenvalue weighted by molar-refractivity contribution is 6.11. The van der Waals surface area contributed by atoms with Crippen LogP contribution in [0, 0.1) is 0 Å². The number of fused-ring (bicyclic) bond motifs is 8. The maximum atomic E-state index is 11.5. The minimum Gasteiger partial charge on any atom is -0.426 e. The number of aromatic amines is 2. The first-order valence-corrected chi connectivity index (χ1v) is 45.5. The second-order valence-corrected chi connectivity index (χ2v) is 34.6. The Kier molecular flexibility index (Phi) is 26.2. The number of hydrogen-bond donors (Lipinski definition) is 9. The fraction of sp³-hybridized carbons (Fsp3) is 0.310. The second kappa shape index (κ2) is 39.8. The predicted octanol–water partition coefficient (Wildman–Crippen LogP) is 11.4. The highest BCUT2D eigenvalue weighted by atomic mass is 16.5. The molecule has 0 saturated carbocycles. The predicted molar refractivity (Wildman–Crippen MR) is 527 cm³/mol. The molecule has 32 heteroatoms. The van der Waals surface area contributed by atoms with Crippen LogP contribution in [0.1, 0.15) is 80.9 Å². The van der Waals surface area contributed by atoms with Gasteiger partial charge in [0.1, 0.15) is 34.8 Å². The SMILES string of the molecule is C=C1N=CC(c2ccc3nc(N(C)C4CCNCC4)ncc3c2)=CN1.C=c1ccc(=C2N=Cc3cc(N(C)C4CCNCC4)ncc3N2)cn1.CN(c1cc2cnc(-c3ccc4cn[nH]c4c3)nc2cn1)C1CCNCC1.CN(c1cc2cnc(-c3ccc4cn[nH]c4c3)nc2cn1)C1CCNCC1.CN(c1ncc2cc(-c3ccc4c(c3)OC(=O)C4)ccc2n1)C1CCNCC1. The van der Waals surface area contributed by atoms with Gasteiger partial charge in [0.05, 0.1) is 81.5 Å². The van der Waals surface area contributed by atoms with E-state index in [-0.39, 0.29) is 5.97 Å². The van der Waals surface area contributed by atoms with Gasteiger partial charge in [0, 0.05) is 180 Å². The second-order valence-electron chi connectivity index (χ2n) is 34.6. The first kappa shape index (κ1) is 86.8. The zero-order valence-corrected chi connectivity index (χ0v) is 74.9. The summed E-state index contributed by atoms with van der Waals surface area (Å²) in [4.78, 5) is 87.0. The molecular weight excluding hydrogens is 1650 g/mol. The third kappa shape index (κ3) is 20.1. The molecule has 0 amide bonds. The Morgan fingerprint density at radius 1 is 0.379 bits per heavy atom. The first-order valence-electron chi connectivity index (χ1n) is 45.5. The average molecular weight is 1760 g/mol. The monoisotopic (exact) mass is 1760 g/mol. The number of esters is 1. The molecule has 670 valence electrons. The van der Waals surface area contributed by atoms with E-state index in [0.29, 0.717) is 59.8 Å². The minimum absolute atomic E-state index is 0.190. The number of carbonyl (C=O) groups excluding carboxylic acids is 1. The van der Waals surface area contributed by atoms with Crippen LogP contribution >= 0.6 is 0 Å². The Bertz CT molecular complexity index is 6750. The Balaban J connectivity index is 0.000000107. The molecule has 18 heterocycles. The number of allylic oxidation sites excluding steroid dienone is 1. The number of H-pyrrole nitrogens is 2. The number of rotatable bonds is 14. The van der Waals surface area contributed by atoms with E-state index in [1.54, 1.807) is 6.20 Å². The van der Waals surface area contributed by atoms with Gasteiger partial charge in [0.2, 0.25) is 11.9 Å². The Morgan fingerprint density at radius 3 is 1.33 bits per heavy atom. The zero-order valence-electron chi connectivity index (χ0n) is 74.9. The number of benzene rings is 5. The Morgan fingerprint density at radius 2 is 0.833 bits per heavy atom. The summed E-state index contributed by atoms with van der Waals surface area (Å²) >= 11 is 0. The Labute approximate surface area is 764 Å². The molecule has 0 bridgehead atoms. The van der Waals surface area contributed by atoms with Crippen molar-refractivity contribution >= 4 is 137 Å². The summed E-state index contributed by atoms with van der Waals surface area (Å²) in [5.41, 5.74) is 14.6. The normalized spacial score (nSPS) is 17.0. The van der Waals surface area contributed by atoms with Crippen molar-refractivity contribution in [2.75, 3.05) is 131 Å². The van der Waals surface area contributed by atoms with Gasteiger partial charge in [-0.15, -0.1) is 0 Å². The minimum atomic E-state index is -0.190. The van der Waals surface area contributed by atoms with Crippen LogP contribution in [0.5, 0.6) is 5.75 Å². The summed E-state index contributed by atoms with van der Waals surface area (Å²) in [6.07, 6.45) is 35.9. The van der Waals surface area contributed by atoms with Crippen molar-refractivity contribution in [2.45, 2.75) is 101 Å². The summed E-state index contributed by atoms with van der Waals surface area (Å²) in [6.45, 7) is 18.2. The zero-order chi connectivity index (χ0) is 90.0. The third-order valence-corrected chi connectivity index (χ3v) is 26.1. The fourth-order valence-corrected chi connectivity index (χ4v) is 18.0. The van der Waals surface area contributed by atoms with E-state index in [4.69, 9.17) is 24.7 Å². The number of pyridine rings is 4. The molecular formula is C100H108N30O2. The van der Waals surface area contributed by atoms with Crippen molar-refractivity contribution in [2.24, 2.45) is 9.98 Å². The maximum absolute atomic E-state index is 11.5. The van der Waals surface area contributed by atoms with E-state index in [1.165, 1.54) is 0 Å². The first-order chi connectivity index (χ1) is 64.6. The molecule has 10 aromatic heterocycles. The fourth-order valence-electron chi connectivity index (χ4n) is 18.0. The molecule has 0 atom stereocenters. The lowest BCUT2D eigenvalue weighted by Gasteiger charge is -2.32. The molecule has 23 rings (SSSR count). The largest absolute Gasteiger partial charge is 0.426 e. The van der Waals surface area contributed by atoms with E-state index in [9.17, 15) is 4.79 Å². The highest BCUT2D eigenvalue weighted by Gasteiger charge is 2.28. The van der Waals surface area contributed by atoms with Crippen molar-refractivity contribution in [3.8, 4) is 39.7 Å². The standard InChI is InChI=1S/C22H22N4O2.2C20H21N7.2C19H22N6/c1-26(18-6-8-23-9-7-18)22-24-13-17-10-14(4-5-19(17)25-22)15-2-3-16-12-21(27)28-20(16)11-15;2*1-27(16-4-6-21-7-5-16)19-9-15-10-23-20(25-18(15)12-22-19)13-2-3-14-11-24-26-17(14)8-13;1-13-21-11-16(12-22-13)14-3-4-18-15(9-14)10-23-19(24-18)25(2)17-5-7-20-8-6-17;1-13-3-4-14(10-21-13)19-23-11-15-9-18(22-12-17(15)24-19)25(2)16-5-7-20-8-6-16/h2-5,10-11,13,18,23H,6-9,12H2,1H3;2*2-3,8-12,16,21H,4-7H2,1H3,(H,24,26);3-4,9-12,17,20-21H,1,5-8H2,2H3;3-4,9-12,16,20,24H,1,5-8H2,2H3. The lowest BCUT2D eigenvalue weighted by atomic mass is 10.0. The molecule has 15 aromatic rings. The van der Waals surface area contributed by atoms with Crippen LogP contribution < -0.4 is 77.0 Å². The summed E-state index contributed by atoms with van der Waals surface area (Å²) < 4.78 is 5.28. The van der Waals surface area contributed by atoms with Crippen molar-refractivity contribution in [3.63, 3.8) is 0 Å². The third-order valence-electron chi connectivity index (χ3n) is 26.1. The average Bonchev–Trinajstić information content (AvgIpc) is 1.69. The van der Waals surface area contributed by atoms with Gasteiger partial charge in [0.25, 0.3) is 0 Å². The molecule has 5 saturated heterocycles. The quantitative estimate of drug-likeness (QED) is 0.0361. The van der Waals surface area contributed by atoms with Gasteiger partial charge in [0.15, 0.2) is 11.6 Å². The molecule has 5 aromatic carbocycles. The van der Waals surface area contributed by atoms with E-state index in [2.05, 4.69) is 223 Å². The highest BCUT2D eigenvalue weighted by Crippen LogP contribution is 2.36. The summed E-state index contributed by atoms with van der Waals surface area (Å²) in [6, 6.07) is 43.1. The lowest BCUT2D eigenvalue weighted by Crippen LogP contribution is -2.41. The smallest absolute Gasteiger partial charge is 0.315 e. The molecule has 0 spiro atoms. The number of aliphatic imine (C=N–C) groups is 2. The molecule has 0 aliphatic carbocycles. The molecule has 32 nitrogen and oxygen atoms in total. The number of ether oxygens (including phenoxy) is 1. The number of anilines is 6. The van der Waals surface area contributed by atoms with Crippen molar-refractivity contribution in [1.82, 2.24) is 112 Å². The van der Waals surface area contributed by atoms with Gasteiger partial charge >= 0.3 is 5.97 Å². The van der Waals surface area contributed by atoms with E-state index >= 15 is 0 Å². The number of piperidine rings is 5. The van der Waals surface area contributed by atoms with Crippen molar-refractivity contribution < 1.29 is 9.53 Å². The lowest BCUT2D eigenvalue weighted by molar-refractivity contribution is -0.131. The van der Waals surface area contributed by atoms with Gasteiger partial charge in [-0.3, -0.25) is 20.0 Å². The molecule has 132 heavy (non-hydrogen) atoms. The van der Waals surface area contributed by atoms with Crippen LogP contribution in [-0.4, -0.2) is 229 Å². The van der Waals surface area contributed by atoms with Crippen molar-refractivity contribution in [1.29, 1.82) is 0 Å². The van der Waals surface area contributed by atoms with Gasteiger partial charge in [-0.1, -0.05) is 61.7 Å². The van der Waals surface area contributed by atoms with Crippen LogP contribution in [0.25, 0.3) is 117 Å². The summed E-state index contributed by atoms with van der Waals surface area (Å²) in [7, 11) is 10.5. The van der Waals surface area contributed by atoms with Crippen LogP contribution in [0.3, 0.4) is 0 Å². The van der Waals surface area contributed by atoms with Crippen LogP contribution in [0.2, 0.25) is 0 Å². The van der Waals surface area contributed by atoms with Gasteiger partial charge in [-0.05, 0) is 219 Å². The number of nitrogens with one attached hydrogen (secondary N) is 9. The van der Waals surface area contributed by atoms with E-state index in [0.717, 1.165) is 291 Å². The molecule has 8 aliphatic rings. The van der Waals surface area contributed by atoms with Gasteiger partial charge in [-0.25, -0.2) is 64.8 Å². The topological polar surface area (TPSA) is 363 Å². The number of aromatic nitrogens is 16. The molecule has 0 unspecified atom stereocenters. The summed E-state index contributed by atoms with van der Waals surface area (Å²) in [5.74, 6) is 7.81. The van der Waals surface area contributed by atoms with Crippen LogP contribution in [0.4, 0.5) is 35.0 Å². The molecule has 8 aliphatic heterocycles. The number of carbonyl (C=O) groups is 1. The molecule has 0 radical (unpaired) electrons. The van der Waals surface area contributed by atoms with Crippen molar-refractivity contribution in [3.05, 3.63) is 229 Å². The molecule has 9 N–H and O–H groups in total. The van der Waals surface area contributed by atoms with Crippen LogP contribution in [-0.2, 0) is 11.2 Å². The number of nitrogens with zero attached hydrogens (tertiary/aromatic N) is 21. The van der Waals surface area contributed by atoms with E-state index in [1.807, 2.05) is 153 Å². The van der Waals surface area contributed by atoms with Gasteiger partial charge in [-0.2, -0.15) is 10.2 Å². The van der Waals surface area contributed by atoms with E-state index < -0.39 is 0 Å². The number of hydrogen-bond acceptors (Lipinski definition) is 30. The summed E-state index contributed by atoms with van der Waals surface area (Å²) in [5, 5.41) is 45.4. The Hall–Kier alpha value is -14.6. The molecule has 5 fully saturated rings.